The maximum absolute atomic E-state index is 12.6. The van der Waals surface area contributed by atoms with Crippen LogP contribution >= 0.6 is 22.7 Å². The van der Waals surface area contributed by atoms with E-state index in [-0.39, 0.29) is 23.9 Å². The van der Waals surface area contributed by atoms with Crippen molar-refractivity contribution in [1.82, 2.24) is 9.80 Å². The van der Waals surface area contributed by atoms with Crippen LogP contribution in [0.1, 0.15) is 18.9 Å². The Kier molecular flexibility index (Phi) is 4.39. The number of amides is 2. The monoisotopic (exact) mass is 375 g/mol. The molecule has 2 aromatic heterocycles. The zero-order chi connectivity index (χ0) is 17.4. The third kappa shape index (κ3) is 3.12. The first-order valence-electron chi connectivity index (χ1n) is 8.42. The van der Waals surface area contributed by atoms with Gasteiger partial charge in [-0.15, -0.1) is 0 Å². The molecule has 7 heteroatoms. The van der Waals surface area contributed by atoms with E-state index in [2.05, 4.69) is 21.7 Å². The predicted molar refractivity (Wildman–Crippen MR) is 101 cm³/mol. The molecule has 4 rings (SSSR count). The van der Waals surface area contributed by atoms with Crippen LogP contribution in [0.4, 0.5) is 5.69 Å². The average molecular weight is 376 g/mol. The van der Waals surface area contributed by atoms with Crippen LogP contribution in [0.2, 0.25) is 0 Å². The molecule has 1 spiro atoms. The summed E-state index contributed by atoms with van der Waals surface area (Å²) in [6.07, 6.45) is 0.907. The lowest BCUT2D eigenvalue weighted by Crippen LogP contribution is -2.66. The summed E-state index contributed by atoms with van der Waals surface area (Å²) in [4.78, 5) is 31.0. The number of thiophene rings is 2. The van der Waals surface area contributed by atoms with Crippen molar-refractivity contribution >= 4 is 40.2 Å². The van der Waals surface area contributed by atoms with Crippen LogP contribution in [0.25, 0.3) is 0 Å². The summed E-state index contributed by atoms with van der Waals surface area (Å²) in [5, 5.41) is 8.27. The van der Waals surface area contributed by atoms with Crippen molar-refractivity contribution in [2.45, 2.75) is 25.4 Å². The number of hydrogen-bond acceptors (Lipinski definition) is 5. The van der Waals surface area contributed by atoms with Gasteiger partial charge in [0.2, 0.25) is 11.8 Å². The highest BCUT2D eigenvalue weighted by molar-refractivity contribution is 7.08. The van der Waals surface area contributed by atoms with Crippen LogP contribution in [-0.2, 0) is 16.1 Å². The van der Waals surface area contributed by atoms with Crippen molar-refractivity contribution in [3.63, 3.8) is 0 Å². The molecule has 5 nitrogen and oxygen atoms in total. The average Bonchev–Trinajstić information content (AvgIpc) is 3.33. The molecule has 132 valence electrons. The van der Waals surface area contributed by atoms with E-state index in [0.717, 1.165) is 31.7 Å². The second-order valence-corrected chi connectivity index (χ2v) is 8.44. The van der Waals surface area contributed by atoms with Gasteiger partial charge in [-0.1, -0.05) is 0 Å². The van der Waals surface area contributed by atoms with E-state index >= 15 is 0 Å². The smallest absolute Gasteiger partial charge is 0.246 e. The summed E-state index contributed by atoms with van der Waals surface area (Å²) in [6.45, 7) is 5.02. The largest absolute Gasteiger partial charge is 0.325 e. The Bertz CT molecular complexity index is 759. The van der Waals surface area contributed by atoms with Gasteiger partial charge in [0.05, 0.1) is 17.8 Å². The molecule has 4 heterocycles. The highest BCUT2D eigenvalue weighted by atomic mass is 32.1. The molecule has 2 aliphatic rings. The van der Waals surface area contributed by atoms with Gasteiger partial charge >= 0.3 is 0 Å². The normalized spacial score (nSPS) is 24.4. The van der Waals surface area contributed by atoms with Crippen LogP contribution < -0.4 is 4.90 Å². The number of anilines is 1. The lowest BCUT2D eigenvalue weighted by atomic mass is 9.92. The van der Waals surface area contributed by atoms with Gasteiger partial charge in [-0.25, -0.2) is 0 Å². The molecule has 2 fully saturated rings. The number of nitrogens with zero attached hydrogens (tertiary/aromatic N) is 3. The SMILES string of the molecule is CC(=O)N1CC(=O)N(c2ccsc2)C[C@]12CCN(Cc1ccsc1)C2. The molecule has 0 N–H and O–H groups in total. The van der Waals surface area contributed by atoms with Gasteiger partial charge in [0.15, 0.2) is 0 Å². The van der Waals surface area contributed by atoms with Gasteiger partial charge in [0, 0.05) is 31.9 Å². The molecule has 0 saturated carbocycles. The molecule has 0 radical (unpaired) electrons. The number of piperazine rings is 1. The van der Waals surface area contributed by atoms with Gasteiger partial charge in [-0.3, -0.25) is 14.5 Å². The van der Waals surface area contributed by atoms with E-state index < -0.39 is 0 Å². The molecular formula is C18H21N3O2S2. The highest BCUT2D eigenvalue weighted by Crippen LogP contribution is 2.35. The minimum Gasteiger partial charge on any atom is -0.325 e. The van der Waals surface area contributed by atoms with Crippen molar-refractivity contribution in [1.29, 1.82) is 0 Å². The zero-order valence-electron chi connectivity index (χ0n) is 14.2. The molecule has 2 aromatic rings. The summed E-state index contributed by atoms with van der Waals surface area (Å²) >= 11 is 3.30. The Morgan fingerprint density at radius 3 is 2.68 bits per heavy atom. The van der Waals surface area contributed by atoms with Gasteiger partial charge in [-0.2, -0.15) is 22.7 Å². The Hall–Kier alpha value is -1.70. The predicted octanol–water partition coefficient (Wildman–Crippen LogP) is 2.65. The first kappa shape index (κ1) is 16.8. The van der Waals surface area contributed by atoms with Crippen LogP contribution in [0.5, 0.6) is 0 Å². The van der Waals surface area contributed by atoms with E-state index in [1.54, 1.807) is 29.6 Å². The van der Waals surface area contributed by atoms with Gasteiger partial charge in [0.25, 0.3) is 0 Å². The number of hydrogen-bond donors (Lipinski definition) is 0. The van der Waals surface area contributed by atoms with Crippen molar-refractivity contribution in [3.8, 4) is 0 Å². The van der Waals surface area contributed by atoms with Gasteiger partial charge < -0.3 is 9.80 Å². The minimum absolute atomic E-state index is 0.00398. The van der Waals surface area contributed by atoms with E-state index in [0.29, 0.717) is 6.54 Å². The summed E-state index contributed by atoms with van der Waals surface area (Å²) in [5.74, 6) is 0.00575. The van der Waals surface area contributed by atoms with Crippen LogP contribution in [-0.4, -0.2) is 53.3 Å². The van der Waals surface area contributed by atoms with Crippen LogP contribution in [0, 0.1) is 0 Å². The second kappa shape index (κ2) is 6.55. The summed E-state index contributed by atoms with van der Waals surface area (Å²) < 4.78 is 0. The summed E-state index contributed by atoms with van der Waals surface area (Å²) in [7, 11) is 0. The zero-order valence-corrected chi connectivity index (χ0v) is 15.8. The van der Waals surface area contributed by atoms with E-state index in [4.69, 9.17) is 0 Å². The van der Waals surface area contributed by atoms with Gasteiger partial charge in [0.1, 0.15) is 6.54 Å². The Labute approximate surface area is 155 Å². The fourth-order valence-corrected chi connectivity index (χ4v) is 5.31. The Morgan fingerprint density at radius 2 is 2.00 bits per heavy atom. The van der Waals surface area contributed by atoms with E-state index in [1.807, 2.05) is 26.6 Å². The fourth-order valence-electron chi connectivity index (χ4n) is 4.01. The molecule has 0 aliphatic carbocycles. The lowest BCUT2D eigenvalue weighted by molar-refractivity contribution is -0.142. The summed E-state index contributed by atoms with van der Waals surface area (Å²) in [6, 6.07) is 4.14. The Balaban J connectivity index is 1.58. The van der Waals surface area contributed by atoms with Crippen molar-refractivity contribution in [2.75, 3.05) is 31.1 Å². The maximum Gasteiger partial charge on any atom is 0.246 e. The van der Waals surface area contributed by atoms with Crippen molar-refractivity contribution < 1.29 is 9.59 Å². The molecule has 2 amide bonds. The third-order valence-corrected chi connectivity index (χ3v) is 6.62. The fraction of sp³-hybridized carbons (Fsp3) is 0.444. The first-order chi connectivity index (χ1) is 12.1. The molecule has 2 aliphatic heterocycles. The molecule has 0 aromatic carbocycles. The van der Waals surface area contributed by atoms with E-state index in [1.165, 1.54) is 5.56 Å². The maximum atomic E-state index is 12.6. The highest BCUT2D eigenvalue weighted by Gasteiger charge is 2.50. The molecule has 2 saturated heterocycles. The number of rotatable bonds is 3. The number of carbonyl (C=O) groups excluding carboxylic acids is 2. The third-order valence-electron chi connectivity index (χ3n) is 5.21. The van der Waals surface area contributed by atoms with E-state index in [9.17, 15) is 9.59 Å². The number of carbonyl (C=O) groups is 2. The minimum atomic E-state index is -0.280. The second-order valence-electron chi connectivity index (χ2n) is 6.88. The lowest BCUT2D eigenvalue weighted by Gasteiger charge is -2.48. The van der Waals surface area contributed by atoms with Crippen molar-refractivity contribution in [3.05, 3.63) is 39.2 Å². The summed E-state index contributed by atoms with van der Waals surface area (Å²) in [5.41, 5.74) is 1.99. The quantitative estimate of drug-likeness (QED) is 0.828. The molecular weight excluding hydrogens is 354 g/mol. The molecule has 1 atom stereocenters. The van der Waals surface area contributed by atoms with Crippen molar-refractivity contribution in [2.24, 2.45) is 0 Å². The first-order valence-corrected chi connectivity index (χ1v) is 10.3. The Morgan fingerprint density at radius 1 is 1.20 bits per heavy atom. The molecule has 0 bridgehead atoms. The standard InChI is InChI=1S/C18H21N3O2S2/c1-14(22)21-9-17(23)20(16-3-7-25-11-16)13-18(21)4-5-19(12-18)8-15-2-6-24-10-15/h2-3,6-7,10-11H,4-5,8-9,12-13H2,1H3/t18-/m1/s1. The van der Waals surface area contributed by atoms with Crippen LogP contribution in [0.15, 0.2) is 33.7 Å². The number of likely N-dealkylation sites (tertiary alicyclic amines) is 1. The molecule has 25 heavy (non-hydrogen) atoms. The van der Waals surface area contributed by atoms with Crippen LogP contribution in [0.3, 0.4) is 0 Å². The topological polar surface area (TPSA) is 43.9 Å². The molecule has 0 unspecified atom stereocenters. The van der Waals surface area contributed by atoms with Gasteiger partial charge in [-0.05, 0) is 40.3 Å².